The average Bonchev–Trinajstić information content (AvgIpc) is 2.32. The summed E-state index contributed by atoms with van der Waals surface area (Å²) in [6, 6.07) is 5.15. The summed E-state index contributed by atoms with van der Waals surface area (Å²) in [5.41, 5.74) is 0.857. The lowest BCUT2D eigenvalue weighted by Gasteiger charge is -2.17. The van der Waals surface area contributed by atoms with E-state index in [2.05, 4.69) is 40.4 Å². The fourth-order valence-electron chi connectivity index (χ4n) is 1.54. The van der Waals surface area contributed by atoms with E-state index in [-0.39, 0.29) is 11.9 Å². The number of carbonyl (C=O) groups is 1. The third-order valence-corrected chi connectivity index (χ3v) is 3.61. The fraction of sp³-hybridized carbons (Fsp3) is 0.500. The van der Waals surface area contributed by atoms with Crippen LogP contribution in [0.5, 0.6) is 0 Å². The van der Waals surface area contributed by atoms with Crippen molar-refractivity contribution in [2.45, 2.75) is 33.2 Å². The first-order valence-corrected chi connectivity index (χ1v) is 7.56. The number of hydrogen-bond donors (Lipinski definition) is 2. The molecule has 0 aliphatic rings. The summed E-state index contributed by atoms with van der Waals surface area (Å²) in [7, 11) is 0. The molecule has 3 nitrogen and oxygen atoms in total. The van der Waals surface area contributed by atoms with Crippen molar-refractivity contribution in [2.75, 3.05) is 11.9 Å². The molecule has 0 aliphatic carbocycles. The van der Waals surface area contributed by atoms with Gasteiger partial charge < -0.3 is 10.6 Å². The smallest absolute Gasteiger partial charge is 0.242 e. The lowest BCUT2D eigenvalue weighted by molar-refractivity contribution is -0.121. The topological polar surface area (TPSA) is 41.1 Å². The van der Waals surface area contributed by atoms with Crippen LogP contribution in [0.2, 0.25) is 5.02 Å². The molecule has 0 spiro atoms. The van der Waals surface area contributed by atoms with Gasteiger partial charge in [0.1, 0.15) is 6.04 Å². The van der Waals surface area contributed by atoms with E-state index >= 15 is 0 Å². The molecule has 0 fully saturated rings. The van der Waals surface area contributed by atoms with E-state index in [4.69, 9.17) is 11.6 Å². The maximum absolute atomic E-state index is 11.9. The van der Waals surface area contributed by atoms with Crippen LogP contribution in [-0.4, -0.2) is 18.5 Å². The first-order valence-electron chi connectivity index (χ1n) is 6.39. The lowest BCUT2D eigenvalue weighted by atomic mass is 10.1. The van der Waals surface area contributed by atoms with Crippen LogP contribution in [0.15, 0.2) is 22.7 Å². The number of anilines is 1. The highest BCUT2D eigenvalue weighted by Gasteiger charge is 2.13. The molecule has 1 amide bonds. The quantitative estimate of drug-likeness (QED) is 0.814. The van der Waals surface area contributed by atoms with Crippen molar-refractivity contribution in [2.24, 2.45) is 5.92 Å². The minimum absolute atomic E-state index is 0.00231. The molecule has 1 aromatic carbocycles. The number of nitrogens with one attached hydrogen (secondary N) is 2. The first kappa shape index (κ1) is 16.3. The molecule has 2 N–H and O–H groups in total. The highest BCUT2D eigenvalue weighted by molar-refractivity contribution is 9.10. The number of amides is 1. The van der Waals surface area contributed by atoms with E-state index in [1.54, 1.807) is 12.1 Å². The van der Waals surface area contributed by atoms with Gasteiger partial charge in [-0.25, -0.2) is 0 Å². The molecule has 0 aromatic heterocycles. The Bertz CT molecular complexity index is 437. The van der Waals surface area contributed by atoms with E-state index in [1.807, 2.05) is 13.0 Å². The highest BCUT2D eigenvalue weighted by Crippen LogP contribution is 2.26. The standard InChI is InChI=1S/C14H20BrClN2O/c1-9(2)6-7-17-14(19)10(3)18-13-5-4-11(16)8-12(13)15/h4-5,8-10,18H,6-7H2,1-3H3,(H,17,19). The Morgan fingerprint density at radius 1 is 1.37 bits per heavy atom. The Morgan fingerprint density at radius 3 is 2.63 bits per heavy atom. The number of benzene rings is 1. The predicted octanol–water partition coefficient (Wildman–Crippen LogP) is 4.07. The largest absolute Gasteiger partial charge is 0.373 e. The monoisotopic (exact) mass is 346 g/mol. The zero-order valence-electron chi connectivity index (χ0n) is 11.5. The molecule has 0 bridgehead atoms. The number of halogens is 2. The second-order valence-electron chi connectivity index (χ2n) is 4.96. The molecule has 106 valence electrons. The normalized spacial score (nSPS) is 12.3. The van der Waals surface area contributed by atoms with E-state index in [1.165, 1.54) is 0 Å². The average molecular weight is 348 g/mol. The Balaban J connectivity index is 2.49. The maximum Gasteiger partial charge on any atom is 0.242 e. The molecule has 5 heteroatoms. The van der Waals surface area contributed by atoms with Crippen LogP contribution in [0, 0.1) is 5.92 Å². The minimum atomic E-state index is -0.287. The predicted molar refractivity (Wildman–Crippen MR) is 84.7 cm³/mol. The molecular formula is C14H20BrClN2O. The molecule has 0 saturated heterocycles. The minimum Gasteiger partial charge on any atom is -0.373 e. The molecule has 0 radical (unpaired) electrons. The lowest BCUT2D eigenvalue weighted by Crippen LogP contribution is -2.38. The molecule has 0 aliphatic heterocycles. The van der Waals surface area contributed by atoms with Crippen molar-refractivity contribution < 1.29 is 4.79 Å². The Labute approximate surface area is 128 Å². The van der Waals surface area contributed by atoms with Crippen molar-refractivity contribution in [1.29, 1.82) is 0 Å². The van der Waals surface area contributed by atoms with Gasteiger partial charge >= 0.3 is 0 Å². The first-order chi connectivity index (χ1) is 8.90. The van der Waals surface area contributed by atoms with Gasteiger partial charge in [-0.15, -0.1) is 0 Å². The van der Waals surface area contributed by atoms with E-state index in [9.17, 15) is 4.79 Å². The Kier molecular flexibility index (Phi) is 6.66. The van der Waals surface area contributed by atoms with Crippen LogP contribution in [0.25, 0.3) is 0 Å². The molecule has 19 heavy (non-hydrogen) atoms. The summed E-state index contributed by atoms with van der Waals surface area (Å²) in [6.45, 7) is 6.83. The third kappa shape index (κ3) is 5.83. The van der Waals surface area contributed by atoms with Crippen LogP contribution >= 0.6 is 27.5 Å². The van der Waals surface area contributed by atoms with Gasteiger partial charge in [0.05, 0.1) is 0 Å². The maximum atomic E-state index is 11.9. The highest BCUT2D eigenvalue weighted by atomic mass is 79.9. The molecule has 1 atom stereocenters. The molecule has 0 heterocycles. The van der Waals surface area contributed by atoms with Crippen LogP contribution in [0.3, 0.4) is 0 Å². The van der Waals surface area contributed by atoms with Crippen LogP contribution < -0.4 is 10.6 Å². The second-order valence-corrected chi connectivity index (χ2v) is 6.25. The number of rotatable bonds is 6. The van der Waals surface area contributed by atoms with E-state index in [0.29, 0.717) is 17.5 Å². The fourth-order valence-corrected chi connectivity index (χ4v) is 2.34. The van der Waals surface area contributed by atoms with Crippen molar-refractivity contribution in [3.63, 3.8) is 0 Å². The summed E-state index contributed by atoms with van der Waals surface area (Å²) >= 11 is 9.29. The van der Waals surface area contributed by atoms with Crippen molar-refractivity contribution in [3.8, 4) is 0 Å². The van der Waals surface area contributed by atoms with Gasteiger partial charge in [-0.1, -0.05) is 25.4 Å². The zero-order valence-corrected chi connectivity index (χ0v) is 13.8. The number of carbonyl (C=O) groups excluding carboxylic acids is 1. The van der Waals surface area contributed by atoms with Gasteiger partial charge in [-0.05, 0) is 53.4 Å². The summed E-state index contributed by atoms with van der Waals surface area (Å²) in [5.74, 6) is 0.594. The van der Waals surface area contributed by atoms with Gasteiger partial charge in [-0.2, -0.15) is 0 Å². The summed E-state index contributed by atoms with van der Waals surface area (Å²) in [4.78, 5) is 11.9. The zero-order chi connectivity index (χ0) is 14.4. The third-order valence-electron chi connectivity index (χ3n) is 2.72. The van der Waals surface area contributed by atoms with Crippen LogP contribution in [0.1, 0.15) is 27.2 Å². The summed E-state index contributed by atoms with van der Waals surface area (Å²) < 4.78 is 0.849. The van der Waals surface area contributed by atoms with Crippen molar-refractivity contribution >= 4 is 39.1 Å². The molecular weight excluding hydrogens is 328 g/mol. The molecule has 1 unspecified atom stereocenters. The van der Waals surface area contributed by atoms with E-state index < -0.39 is 0 Å². The summed E-state index contributed by atoms with van der Waals surface area (Å²) in [5, 5.41) is 6.74. The molecule has 1 rings (SSSR count). The van der Waals surface area contributed by atoms with Gasteiger partial charge in [0, 0.05) is 21.7 Å². The SMILES string of the molecule is CC(C)CCNC(=O)C(C)Nc1ccc(Cl)cc1Br. The van der Waals surface area contributed by atoms with Gasteiger partial charge in [0.25, 0.3) is 0 Å². The van der Waals surface area contributed by atoms with Crippen molar-refractivity contribution in [3.05, 3.63) is 27.7 Å². The van der Waals surface area contributed by atoms with Crippen molar-refractivity contribution in [1.82, 2.24) is 5.32 Å². The Hall–Kier alpha value is -0.740. The second kappa shape index (κ2) is 7.75. The van der Waals surface area contributed by atoms with E-state index in [0.717, 1.165) is 16.6 Å². The molecule has 1 aromatic rings. The number of hydrogen-bond acceptors (Lipinski definition) is 2. The van der Waals surface area contributed by atoms with Crippen LogP contribution in [0.4, 0.5) is 5.69 Å². The van der Waals surface area contributed by atoms with Gasteiger partial charge in [0.2, 0.25) is 5.91 Å². The van der Waals surface area contributed by atoms with Crippen LogP contribution in [-0.2, 0) is 4.79 Å². The molecule has 0 saturated carbocycles. The van der Waals surface area contributed by atoms with Gasteiger partial charge in [0.15, 0.2) is 0 Å². The Morgan fingerprint density at radius 2 is 2.05 bits per heavy atom. The van der Waals surface area contributed by atoms with Gasteiger partial charge in [-0.3, -0.25) is 4.79 Å². The summed E-state index contributed by atoms with van der Waals surface area (Å²) in [6.07, 6.45) is 0.989.